The number of aromatic nitrogens is 3. The summed E-state index contributed by atoms with van der Waals surface area (Å²) in [6.07, 6.45) is 2.49. The lowest BCUT2D eigenvalue weighted by atomic mass is 9.93. The Morgan fingerprint density at radius 1 is 1.04 bits per heavy atom. The standard InChI is InChI=1S/C19H18N4O2/c1-12-2-4-13(5-3-12)16-9-15(22-19-20-10-21-23(16)19)14-6-7-17-18(8-14)25-11-24-17/h2-8,10,15-16H,9,11H2,1H3,(H,20,21,22)/t15-,16+/m1/s1. The van der Waals surface area contributed by atoms with Crippen molar-refractivity contribution in [3.8, 4) is 11.5 Å². The van der Waals surface area contributed by atoms with E-state index in [0.717, 1.165) is 29.4 Å². The van der Waals surface area contributed by atoms with Gasteiger partial charge in [-0.3, -0.25) is 0 Å². The maximum Gasteiger partial charge on any atom is 0.231 e. The number of benzene rings is 2. The van der Waals surface area contributed by atoms with Crippen molar-refractivity contribution in [2.45, 2.75) is 25.4 Å². The predicted octanol–water partition coefficient (Wildman–Crippen LogP) is 3.46. The topological polar surface area (TPSA) is 61.2 Å². The van der Waals surface area contributed by atoms with E-state index in [2.05, 4.69) is 58.7 Å². The maximum absolute atomic E-state index is 5.53. The molecule has 2 atom stereocenters. The molecule has 0 unspecified atom stereocenters. The van der Waals surface area contributed by atoms with E-state index < -0.39 is 0 Å². The molecule has 2 aliphatic rings. The van der Waals surface area contributed by atoms with Crippen LogP contribution in [0.4, 0.5) is 5.95 Å². The molecule has 6 nitrogen and oxygen atoms in total. The monoisotopic (exact) mass is 334 g/mol. The molecule has 0 radical (unpaired) electrons. The highest BCUT2D eigenvalue weighted by Crippen LogP contribution is 2.40. The number of anilines is 1. The Labute approximate surface area is 145 Å². The molecule has 2 aromatic carbocycles. The van der Waals surface area contributed by atoms with E-state index in [-0.39, 0.29) is 18.9 Å². The highest BCUT2D eigenvalue weighted by molar-refractivity contribution is 5.47. The van der Waals surface area contributed by atoms with E-state index in [1.807, 2.05) is 10.7 Å². The van der Waals surface area contributed by atoms with Crippen molar-refractivity contribution < 1.29 is 9.47 Å². The van der Waals surface area contributed by atoms with Gasteiger partial charge in [0.1, 0.15) is 6.33 Å². The van der Waals surface area contributed by atoms with Gasteiger partial charge in [0.05, 0.1) is 12.1 Å². The number of nitrogens with one attached hydrogen (secondary N) is 1. The fourth-order valence-corrected chi connectivity index (χ4v) is 3.53. The SMILES string of the molecule is Cc1ccc([C@@H]2C[C@H](c3ccc4c(c3)OCO4)Nc3ncnn32)cc1. The van der Waals surface area contributed by atoms with Crippen LogP contribution in [0.3, 0.4) is 0 Å². The zero-order chi connectivity index (χ0) is 16.8. The van der Waals surface area contributed by atoms with Gasteiger partial charge in [-0.25, -0.2) is 4.68 Å². The van der Waals surface area contributed by atoms with Crippen LogP contribution >= 0.6 is 0 Å². The van der Waals surface area contributed by atoms with E-state index in [9.17, 15) is 0 Å². The summed E-state index contributed by atoms with van der Waals surface area (Å²) in [5.74, 6) is 2.40. The number of nitrogens with zero attached hydrogens (tertiary/aromatic N) is 3. The number of rotatable bonds is 2. The van der Waals surface area contributed by atoms with E-state index in [0.29, 0.717) is 0 Å². The van der Waals surface area contributed by atoms with Gasteiger partial charge >= 0.3 is 0 Å². The van der Waals surface area contributed by atoms with E-state index >= 15 is 0 Å². The van der Waals surface area contributed by atoms with Crippen LogP contribution in [-0.4, -0.2) is 21.6 Å². The van der Waals surface area contributed by atoms with Crippen LogP contribution in [0.1, 0.15) is 35.2 Å². The molecule has 5 rings (SSSR count). The van der Waals surface area contributed by atoms with Gasteiger partial charge in [-0.15, -0.1) is 0 Å². The van der Waals surface area contributed by atoms with Crippen molar-refractivity contribution in [2.24, 2.45) is 0 Å². The smallest absolute Gasteiger partial charge is 0.231 e. The van der Waals surface area contributed by atoms with Crippen LogP contribution in [0.25, 0.3) is 0 Å². The average molecular weight is 334 g/mol. The Morgan fingerprint density at radius 2 is 1.84 bits per heavy atom. The molecule has 0 bridgehead atoms. The number of aryl methyl sites for hydroxylation is 1. The zero-order valence-electron chi connectivity index (χ0n) is 13.8. The molecule has 6 heteroatoms. The third kappa shape index (κ3) is 2.41. The molecular weight excluding hydrogens is 316 g/mol. The molecule has 0 saturated heterocycles. The first kappa shape index (κ1) is 14.3. The highest BCUT2D eigenvalue weighted by Gasteiger charge is 2.30. The Morgan fingerprint density at radius 3 is 2.72 bits per heavy atom. The van der Waals surface area contributed by atoms with Crippen LogP contribution in [0, 0.1) is 6.92 Å². The number of ether oxygens (including phenoxy) is 2. The van der Waals surface area contributed by atoms with Crippen molar-refractivity contribution in [1.29, 1.82) is 0 Å². The largest absolute Gasteiger partial charge is 0.454 e. The van der Waals surface area contributed by atoms with Gasteiger partial charge in [0.15, 0.2) is 11.5 Å². The van der Waals surface area contributed by atoms with Crippen molar-refractivity contribution in [3.05, 3.63) is 65.5 Å². The lowest BCUT2D eigenvalue weighted by molar-refractivity contribution is 0.174. The quantitative estimate of drug-likeness (QED) is 0.778. The second-order valence-electron chi connectivity index (χ2n) is 6.50. The van der Waals surface area contributed by atoms with Crippen LogP contribution in [0.5, 0.6) is 11.5 Å². The molecule has 3 heterocycles. The van der Waals surface area contributed by atoms with Gasteiger partial charge in [0, 0.05) is 0 Å². The average Bonchev–Trinajstić information content (AvgIpc) is 3.29. The zero-order valence-corrected chi connectivity index (χ0v) is 13.8. The molecule has 1 aromatic heterocycles. The molecule has 0 fully saturated rings. The minimum absolute atomic E-state index is 0.137. The Bertz CT molecular complexity index is 919. The summed E-state index contributed by atoms with van der Waals surface area (Å²) in [5.41, 5.74) is 3.66. The third-order valence-corrected chi connectivity index (χ3v) is 4.89. The second-order valence-corrected chi connectivity index (χ2v) is 6.50. The first-order chi connectivity index (χ1) is 12.3. The fraction of sp³-hybridized carbons (Fsp3) is 0.263. The van der Waals surface area contributed by atoms with E-state index in [4.69, 9.17) is 9.47 Å². The maximum atomic E-state index is 5.53. The first-order valence-electron chi connectivity index (χ1n) is 8.40. The molecule has 0 amide bonds. The first-order valence-corrected chi connectivity index (χ1v) is 8.40. The Kier molecular flexibility index (Phi) is 3.16. The highest BCUT2D eigenvalue weighted by atomic mass is 16.7. The number of fused-ring (bicyclic) bond motifs is 2. The predicted molar refractivity (Wildman–Crippen MR) is 92.9 cm³/mol. The van der Waals surface area contributed by atoms with Gasteiger partial charge < -0.3 is 14.8 Å². The van der Waals surface area contributed by atoms with Gasteiger partial charge in [0.25, 0.3) is 0 Å². The lowest BCUT2D eigenvalue weighted by Gasteiger charge is -2.32. The van der Waals surface area contributed by atoms with Gasteiger partial charge in [-0.1, -0.05) is 35.9 Å². The molecule has 3 aromatic rings. The molecule has 0 aliphatic carbocycles. The van der Waals surface area contributed by atoms with Gasteiger partial charge in [0.2, 0.25) is 12.7 Å². The summed E-state index contributed by atoms with van der Waals surface area (Å²) in [6.45, 7) is 2.39. The third-order valence-electron chi connectivity index (χ3n) is 4.89. The second kappa shape index (κ2) is 5.51. The normalized spacial score (nSPS) is 20.8. The molecule has 1 N–H and O–H groups in total. The van der Waals surface area contributed by atoms with E-state index in [1.165, 1.54) is 11.1 Å². The number of hydrogen-bond donors (Lipinski definition) is 1. The van der Waals surface area contributed by atoms with Gasteiger partial charge in [-0.05, 0) is 36.6 Å². The summed E-state index contributed by atoms with van der Waals surface area (Å²) in [7, 11) is 0. The lowest BCUT2D eigenvalue weighted by Crippen LogP contribution is -2.28. The van der Waals surface area contributed by atoms with Crippen LogP contribution < -0.4 is 14.8 Å². The summed E-state index contributed by atoms with van der Waals surface area (Å²) in [5, 5.41) is 7.91. The summed E-state index contributed by atoms with van der Waals surface area (Å²) < 4.78 is 12.9. The van der Waals surface area contributed by atoms with Crippen molar-refractivity contribution in [3.63, 3.8) is 0 Å². The Balaban J connectivity index is 1.52. The van der Waals surface area contributed by atoms with Crippen LogP contribution in [0.2, 0.25) is 0 Å². The molecule has 0 spiro atoms. The van der Waals surface area contributed by atoms with Crippen molar-refractivity contribution >= 4 is 5.95 Å². The Hall–Kier alpha value is -3.02. The van der Waals surface area contributed by atoms with Gasteiger partial charge in [-0.2, -0.15) is 10.1 Å². The van der Waals surface area contributed by atoms with Crippen molar-refractivity contribution in [2.75, 3.05) is 12.1 Å². The molecule has 25 heavy (non-hydrogen) atoms. The van der Waals surface area contributed by atoms with E-state index in [1.54, 1.807) is 6.33 Å². The van der Waals surface area contributed by atoms with Crippen molar-refractivity contribution in [1.82, 2.24) is 14.8 Å². The molecule has 0 saturated carbocycles. The van der Waals surface area contributed by atoms with Crippen LogP contribution in [0.15, 0.2) is 48.8 Å². The fourth-order valence-electron chi connectivity index (χ4n) is 3.53. The molecular formula is C19H18N4O2. The molecule has 2 aliphatic heterocycles. The summed E-state index contributed by atoms with van der Waals surface area (Å²) >= 11 is 0. The molecule has 126 valence electrons. The summed E-state index contributed by atoms with van der Waals surface area (Å²) in [4.78, 5) is 4.38. The summed E-state index contributed by atoms with van der Waals surface area (Å²) in [6, 6.07) is 15.0. The van der Waals surface area contributed by atoms with Crippen LogP contribution in [-0.2, 0) is 0 Å². The minimum Gasteiger partial charge on any atom is -0.454 e. The number of hydrogen-bond acceptors (Lipinski definition) is 5. The minimum atomic E-state index is 0.137.